The van der Waals surface area contributed by atoms with Crippen LogP contribution >= 0.6 is 0 Å². The molecule has 0 spiro atoms. The maximum Gasteiger partial charge on any atom is 0.224 e. The Morgan fingerprint density at radius 3 is 3.00 bits per heavy atom. The normalized spacial score (nSPS) is 16.2. The molecule has 0 saturated heterocycles. The van der Waals surface area contributed by atoms with Gasteiger partial charge in [0.15, 0.2) is 0 Å². The highest BCUT2D eigenvalue weighted by Crippen LogP contribution is 2.27. The average molecular weight is 219 g/mol. The molecule has 3 nitrogen and oxygen atoms in total. The number of carbonyl (C=O) groups excluding carboxylic acids is 1. The average Bonchev–Trinajstić information content (AvgIpc) is 2.29. The molecule has 1 amide bonds. The van der Waals surface area contributed by atoms with Crippen molar-refractivity contribution in [3.63, 3.8) is 0 Å². The van der Waals surface area contributed by atoms with Gasteiger partial charge in [-0.15, -0.1) is 0 Å². The Balaban J connectivity index is 2.16. The number of fused-ring (bicyclic) bond motifs is 1. The number of rotatable bonds is 3. The van der Waals surface area contributed by atoms with E-state index >= 15 is 0 Å². The lowest BCUT2D eigenvalue weighted by molar-refractivity contribution is -0.116. The van der Waals surface area contributed by atoms with Gasteiger partial charge in [-0.25, -0.2) is 0 Å². The van der Waals surface area contributed by atoms with E-state index in [0.29, 0.717) is 6.42 Å². The Kier molecular flexibility index (Phi) is 3.13. The Bertz CT molecular complexity index is 401. The largest absolute Gasteiger partial charge is 0.491 e. The van der Waals surface area contributed by atoms with Crippen molar-refractivity contribution in [2.75, 3.05) is 5.32 Å². The molecule has 0 fully saturated rings. The van der Waals surface area contributed by atoms with E-state index in [4.69, 9.17) is 4.74 Å². The fourth-order valence-corrected chi connectivity index (χ4v) is 1.75. The van der Waals surface area contributed by atoms with Gasteiger partial charge in [-0.05, 0) is 43.5 Å². The van der Waals surface area contributed by atoms with Gasteiger partial charge in [0, 0.05) is 12.1 Å². The molecule has 1 atom stereocenters. The summed E-state index contributed by atoms with van der Waals surface area (Å²) in [5, 5.41) is 2.86. The molecule has 0 bridgehead atoms. The number of anilines is 1. The summed E-state index contributed by atoms with van der Waals surface area (Å²) >= 11 is 0. The molecule has 1 aliphatic heterocycles. The first-order valence-electron chi connectivity index (χ1n) is 5.78. The number of amides is 1. The Hall–Kier alpha value is -1.51. The van der Waals surface area contributed by atoms with Crippen molar-refractivity contribution in [2.45, 2.75) is 39.2 Å². The predicted molar refractivity (Wildman–Crippen MR) is 63.8 cm³/mol. The van der Waals surface area contributed by atoms with Crippen molar-refractivity contribution in [3.8, 4) is 5.75 Å². The second kappa shape index (κ2) is 4.56. The predicted octanol–water partition coefficient (Wildman–Crippen LogP) is 2.75. The Morgan fingerprint density at radius 2 is 2.25 bits per heavy atom. The molecular weight excluding hydrogens is 202 g/mol. The van der Waals surface area contributed by atoms with E-state index in [0.717, 1.165) is 24.3 Å². The van der Waals surface area contributed by atoms with Crippen LogP contribution < -0.4 is 10.1 Å². The van der Waals surface area contributed by atoms with Crippen LogP contribution in [0.2, 0.25) is 0 Å². The maximum absolute atomic E-state index is 11.2. The van der Waals surface area contributed by atoms with E-state index < -0.39 is 0 Å². The molecule has 86 valence electrons. The van der Waals surface area contributed by atoms with Crippen molar-refractivity contribution < 1.29 is 9.53 Å². The van der Waals surface area contributed by atoms with E-state index in [9.17, 15) is 4.79 Å². The van der Waals surface area contributed by atoms with E-state index in [-0.39, 0.29) is 12.0 Å². The van der Waals surface area contributed by atoms with Crippen LogP contribution in [0.15, 0.2) is 18.2 Å². The molecule has 3 heteroatoms. The van der Waals surface area contributed by atoms with Gasteiger partial charge in [0.05, 0.1) is 6.10 Å². The molecule has 1 N–H and O–H groups in total. The van der Waals surface area contributed by atoms with Gasteiger partial charge in [0.25, 0.3) is 0 Å². The highest BCUT2D eigenvalue weighted by Gasteiger charge is 2.15. The van der Waals surface area contributed by atoms with E-state index in [1.54, 1.807) is 0 Å². The topological polar surface area (TPSA) is 38.3 Å². The van der Waals surface area contributed by atoms with Crippen LogP contribution in [0, 0.1) is 0 Å². The summed E-state index contributed by atoms with van der Waals surface area (Å²) in [6, 6.07) is 5.86. The van der Waals surface area contributed by atoms with Gasteiger partial charge in [0.1, 0.15) is 5.75 Å². The summed E-state index contributed by atoms with van der Waals surface area (Å²) in [4.78, 5) is 11.2. The summed E-state index contributed by atoms with van der Waals surface area (Å²) in [5.74, 6) is 0.993. The Morgan fingerprint density at radius 1 is 1.44 bits per heavy atom. The smallest absolute Gasteiger partial charge is 0.224 e. The van der Waals surface area contributed by atoms with Crippen molar-refractivity contribution in [2.24, 2.45) is 0 Å². The molecule has 2 rings (SSSR count). The van der Waals surface area contributed by atoms with Crippen LogP contribution in [0.1, 0.15) is 32.3 Å². The van der Waals surface area contributed by atoms with Crippen LogP contribution in [0.5, 0.6) is 5.75 Å². The zero-order valence-electron chi connectivity index (χ0n) is 9.75. The Labute approximate surface area is 95.8 Å². The number of ether oxygens (including phenoxy) is 1. The lowest BCUT2D eigenvalue weighted by atomic mass is 10.0. The first-order chi connectivity index (χ1) is 7.69. The second-order valence-electron chi connectivity index (χ2n) is 4.20. The lowest BCUT2D eigenvalue weighted by Crippen LogP contribution is -2.19. The van der Waals surface area contributed by atoms with Crippen LogP contribution in [0.25, 0.3) is 0 Å². The molecule has 0 aromatic heterocycles. The van der Waals surface area contributed by atoms with Gasteiger partial charge in [0.2, 0.25) is 5.91 Å². The zero-order valence-corrected chi connectivity index (χ0v) is 9.75. The molecule has 1 heterocycles. The molecule has 1 aliphatic rings. The number of benzene rings is 1. The minimum absolute atomic E-state index is 0.100. The SMILES string of the molecule is CCC(C)Oc1ccc2c(c1)CCC(=O)N2. The standard InChI is InChI=1S/C13H17NO2/c1-3-9(2)16-11-5-6-12-10(8-11)4-7-13(15)14-12/h5-6,8-9H,3-4,7H2,1-2H3,(H,14,15). The molecular formula is C13H17NO2. The third-order valence-corrected chi connectivity index (χ3v) is 2.88. The minimum atomic E-state index is 0.100. The van der Waals surface area contributed by atoms with Crippen molar-refractivity contribution in [1.29, 1.82) is 0 Å². The molecule has 1 aromatic carbocycles. The number of nitrogens with one attached hydrogen (secondary N) is 1. The van der Waals surface area contributed by atoms with Gasteiger partial charge in [-0.3, -0.25) is 4.79 Å². The van der Waals surface area contributed by atoms with Crippen molar-refractivity contribution >= 4 is 11.6 Å². The monoisotopic (exact) mass is 219 g/mol. The minimum Gasteiger partial charge on any atom is -0.491 e. The maximum atomic E-state index is 11.2. The van der Waals surface area contributed by atoms with Crippen molar-refractivity contribution in [1.82, 2.24) is 0 Å². The van der Waals surface area contributed by atoms with Gasteiger partial charge in [-0.1, -0.05) is 6.92 Å². The second-order valence-corrected chi connectivity index (χ2v) is 4.20. The summed E-state index contributed by atoms with van der Waals surface area (Å²) in [6.45, 7) is 4.16. The number of hydrogen-bond donors (Lipinski definition) is 1. The van der Waals surface area contributed by atoms with E-state index in [1.807, 2.05) is 18.2 Å². The number of hydrogen-bond acceptors (Lipinski definition) is 2. The van der Waals surface area contributed by atoms with Crippen LogP contribution in [0.4, 0.5) is 5.69 Å². The molecule has 1 aromatic rings. The van der Waals surface area contributed by atoms with E-state index in [2.05, 4.69) is 19.2 Å². The third-order valence-electron chi connectivity index (χ3n) is 2.88. The molecule has 0 aliphatic carbocycles. The van der Waals surface area contributed by atoms with Gasteiger partial charge >= 0.3 is 0 Å². The number of aryl methyl sites for hydroxylation is 1. The van der Waals surface area contributed by atoms with Gasteiger partial charge in [-0.2, -0.15) is 0 Å². The van der Waals surface area contributed by atoms with Crippen LogP contribution in [0.3, 0.4) is 0 Å². The molecule has 0 saturated carbocycles. The highest BCUT2D eigenvalue weighted by atomic mass is 16.5. The van der Waals surface area contributed by atoms with Crippen LogP contribution in [-0.2, 0) is 11.2 Å². The summed E-state index contributed by atoms with van der Waals surface area (Å²) in [5.41, 5.74) is 2.09. The number of carbonyl (C=O) groups is 1. The lowest BCUT2D eigenvalue weighted by Gasteiger charge is -2.19. The summed E-state index contributed by atoms with van der Waals surface area (Å²) in [6.07, 6.45) is 2.60. The van der Waals surface area contributed by atoms with Crippen LogP contribution in [-0.4, -0.2) is 12.0 Å². The summed E-state index contributed by atoms with van der Waals surface area (Å²) in [7, 11) is 0. The molecule has 0 radical (unpaired) electrons. The fraction of sp³-hybridized carbons (Fsp3) is 0.462. The zero-order chi connectivity index (χ0) is 11.5. The summed E-state index contributed by atoms with van der Waals surface area (Å²) < 4.78 is 5.74. The fourth-order valence-electron chi connectivity index (χ4n) is 1.75. The first-order valence-corrected chi connectivity index (χ1v) is 5.78. The highest BCUT2D eigenvalue weighted by molar-refractivity contribution is 5.93. The first kappa shape index (κ1) is 11.0. The molecule has 1 unspecified atom stereocenters. The molecule has 16 heavy (non-hydrogen) atoms. The van der Waals surface area contributed by atoms with Crippen molar-refractivity contribution in [3.05, 3.63) is 23.8 Å². The quantitative estimate of drug-likeness (QED) is 0.848. The van der Waals surface area contributed by atoms with Gasteiger partial charge < -0.3 is 10.1 Å². The van der Waals surface area contributed by atoms with E-state index in [1.165, 1.54) is 5.56 Å². The third kappa shape index (κ3) is 2.35.